The summed E-state index contributed by atoms with van der Waals surface area (Å²) < 4.78 is 0. The highest BCUT2D eigenvalue weighted by Crippen LogP contribution is 2.66. The lowest BCUT2D eigenvalue weighted by Gasteiger charge is -2.58. The monoisotopic (exact) mass is 447 g/mol. The first kappa shape index (κ1) is 23.1. The average molecular weight is 448 g/mol. The molecule has 0 bridgehead atoms. The van der Waals surface area contributed by atoms with E-state index in [1.165, 1.54) is 44.9 Å². The van der Waals surface area contributed by atoms with Crippen molar-refractivity contribution in [3.8, 4) is 6.07 Å². The van der Waals surface area contributed by atoms with Crippen LogP contribution in [0.2, 0.25) is 0 Å². The molecular formula is C30H41NO2. The second-order valence-electron chi connectivity index (χ2n) is 12.2. The van der Waals surface area contributed by atoms with Crippen molar-refractivity contribution in [3.63, 3.8) is 0 Å². The summed E-state index contributed by atoms with van der Waals surface area (Å²) in [6.45, 7) is 5.11. The zero-order valence-electron chi connectivity index (χ0n) is 20.5. The van der Waals surface area contributed by atoms with Crippen molar-refractivity contribution in [2.24, 2.45) is 34.5 Å². The van der Waals surface area contributed by atoms with Gasteiger partial charge in [0.1, 0.15) is 0 Å². The van der Waals surface area contributed by atoms with Crippen LogP contribution in [0, 0.1) is 45.8 Å². The molecule has 33 heavy (non-hydrogen) atoms. The number of nitrogens with zero attached hydrogens (tertiary/aromatic N) is 1. The van der Waals surface area contributed by atoms with Crippen LogP contribution in [0.1, 0.15) is 102 Å². The molecule has 4 aliphatic rings. The first-order chi connectivity index (χ1) is 15.8. The van der Waals surface area contributed by atoms with E-state index in [1.807, 2.05) is 12.1 Å². The third-order valence-corrected chi connectivity index (χ3v) is 10.7. The minimum atomic E-state index is -0.429. The number of aliphatic hydroxyl groups excluding tert-OH is 2. The van der Waals surface area contributed by atoms with Gasteiger partial charge in [-0.1, -0.05) is 44.1 Å². The van der Waals surface area contributed by atoms with Gasteiger partial charge < -0.3 is 10.2 Å². The largest absolute Gasteiger partial charge is 0.393 e. The van der Waals surface area contributed by atoms with Gasteiger partial charge in [-0.15, -0.1) is 0 Å². The Hall–Kier alpha value is -1.63. The van der Waals surface area contributed by atoms with E-state index in [2.05, 4.69) is 26.0 Å². The highest BCUT2D eigenvalue weighted by Gasteiger charge is 2.58. The Morgan fingerprint density at radius 1 is 1.06 bits per heavy atom. The molecule has 3 saturated carbocycles. The van der Waals surface area contributed by atoms with E-state index >= 15 is 0 Å². The van der Waals surface area contributed by atoms with E-state index in [0.717, 1.165) is 54.9 Å². The summed E-state index contributed by atoms with van der Waals surface area (Å²) >= 11 is 0. The van der Waals surface area contributed by atoms with Gasteiger partial charge in [0.05, 0.1) is 23.8 Å². The summed E-state index contributed by atoms with van der Waals surface area (Å²) in [5.41, 5.74) is 3.93. The molecule has 5 rings (SSSR count). The Balaban J connectivity index is 1.22. The summed E-state index contributed by atoms with van der Waals surface area (Å²) in [6, 6.07) is 9.54. The molecule has 0 heterocycles. The highest BCUT2D eigenvalue weighted by molar-refractivity contribution is 5.32. The minimum Gasteiger partial charge on any atom is -0.393 e. The maximum absolute atomic E-state index is 10.7. The lowest BCUT2D eigenvalue weighted by Crippen LogP contribution is -2.50. The van der Waals surface area contributed by atoms with E-state index < -0.39 is 6.10 Å². The van der Waals surface area contributed by atoms with Crippen molar-refractivity contribution in [2.45, 2.75) is 96.7 Å². The zero-order chi connectivity index (χ0) is 23.2. The Morgan fingerprint density at radius 2 is 1.85 bits per heavy atom. The number of aliphatic hydroxyl groups is 2. The molecule has 0 aromatic heterocycles. The first-order valence-electron chi connectivity index (χ1n) is 13.4. The van der Waals surface area contributed by atoms with E-state index in [4.69, 9.17) is 5.26 Å². The molecular weight excluding hydrogens is 406 g/mol. The first-order valence-corrected chi connectivity index (χ1v) is 13.4. The molecule has 1 aromatic rings. The van der Waals surface area contributed by atoms with Crippen molar-refractivity contribution >= 4 is 0 Å². The van der Waals surface area contributed by atoms with Crippen LogP contribution in [-0.2, 0) is 0 Å². The van der Waals surface area contributed by atoms with Gasteiger partial charge in [-0.2, -0.15) is 5.26 Å². The van der Waals surface area contributed by atoms with Crippen LogP contribution in [0.3, 0.4) is 0 Å². The van der Waals surface area contributed by atoms with E-state index in [0.29, 0.717) is 16.4 Å². The fourth-order valence-electron chi connectivity index (χ4n) is 8.73. The summed E-state index contributed by atoms with van der Waals surface area (Å²) in [4.78, 5) is 0. The Morgan fingerprint density at radius 3 is 2.61 bits per heavy atom. The molecule has 4 aliphatic carbocycles. The Kier molecular flexibility index (Phi) is 6.21. The van der Waals surface area contributed by atoms with Crippen LogP contribution < -0.4 is 0 Å². The van der Waals surface area contributed by atoms with Crippen molar-refractivity contribution in [1.29, 1.82) is 5.26 Å². The summed E-state index contributed by atoms with van der Waals surface area (Å²) in [5.74, 6) is 3.25. The summed E-state index contributed by atoms with van der Waals surface area (Å²) in [7, 11) is 0. The standard InChI is InChI=1S/C30H41NO2/c1-29-17-15-27-25(12-10-23-18-24(32)14-16-30(23,27)2)26(29)13-11-22(29)4-3-5-28(33)21-8-6-20(19-31)7-9-21/h6-10,22,24-28,32-33H,3-5,11-18H2,1-2H3/t22-,24?,25?,26?,27?,28?,29?,30?/m0/s1. The second kappa shape index (κ2) is 8.86. The quantitative estimate of drug-likeness (QED) is 0.494. The van der Waals surface area contributed by atoms with E-state index in [9.17, 15) is 10.2 Å². The smallest absolute Gasteiger partial charge is 0.0991 e. The minimum absolute atomic E-state index is 0.120. The lowest BCUT2D eigenvalue weighted by molar-refractivity contribution is -0.0511. The van der Waals surface area contributed by atoms with Crippen LogP contribution >= 0.6 is 0 Å². The maximum atomic E-state index is 10.7. The summed E-state index contributed by atoms with van der Waals surface area (Å²) in [5, 5.41) is 29.9. The molecule has 0 radical (unpaired) electrons. The van der Waals surface area contributed by atoms with E-state index in [1.54, 1.807) is 17.7 Å². The van der Waals surface area contributed by atoms with Gasteiger partial charge >= 0.3 is 0 Å². The van der Waals surface area contributed by atoms with Gasteiger partial charge in [-0.3, -0.25) is 0 Å². The molecule has 3 nitrogen and oxygen atoms in total. The van der Waals surface area contributed by atoms with Crippen molar-refractivity contribution in [3.05, 3.63) is 47.0 Å². The number of benzene rings is 1. The topological polar surface area (TPSA) is 64.2 Å². The SMILES string of the molecule is CC12CCC(O)CC1=CCC1C2CCC2(C)C1CC[C@@H]2CCCC(O)c1ccc(C#N)cc1. The van der Waals surface area contributed by atoms with Gasteiger partial charge in [-0.05, 0) is 116 Å². The fraction of sp³-hybridized carbons (Fsp3) is 0.700. The maximum Gasteiger partial charge on any atom is 0.0991 e. The van der Waals surface area contributed by atoms with Gasteiger partial charge in [0, 0.05) is 0 Å². The molecule has 3 heteroatoms. The molecule has 8 atom stereocenters. The lowest BCUT2D eigenvalue weighted by atomic mass is 9.47. The van der Waals surface area contributed by atoms with Crippen LogP contribution in [0.5, 0.6) is 0 Å². The molecule has 0 aliphatic heterocycles. The predicted molar refractivity (Wildman–Crippen MR) is 131 cm³/mol. The fourth-order valence-corrected chi connectivity index (χ4v) is 8.73. The molecule has 7 unspecified atom stereocenters. The molecule has 2 N–H and O–H groups in total. The number of rotatable bonds is 5. The molecule has 0 amide bonds. The van der Waals surface area contributed by atoms with Gasteiger partial charge in [0.25, 0.3) is 0 Å². The number of allylic oxidation sites excluding steroid dienone is 1. The van der Waals surface area contributed by atoms with Crippen molar-refractivity contribution in [1.82, 2.24) is 0 Å². The van der Waals surface area contributed by atoms with Gasteiger partial charge in [0.2, 0.25) is 0 Å². The van der Waals surface area contributed by atoms with Gasteiger partial charge in [0.15, 0.2) is 0 Å². The molecule has 0 saturated heterocycles. The van der Waals surface area contributed by atoms with Crippen LogP contribution in [0.4, 0.5) is 0 Å². The molecule has 1 aromatic carbocycles. The summed E-state index contributed by atoms with van der Waals surface area (Å²) in [6.07, 6.45) is 14.8. The van der Waals surface area contributed by atoms with Crippen molar-refractivity contribution < 1.29 is 10.2 Å². The number of nitriles is 1. The number of hydrogen-bond acceptors (Lipinski definition) is 3. The third kappa shape index (κ3) is 3.98. The zero-order valence-corrected chi connectivity index (χ0v) is 20.5. The Bertz CT molecular complexity index is 930. The Labute approximate surface area is 199 Å². The second-order valence-corrected chi connectivity index (χ2v) is 12.2. The van der Waals surface area contributed by atoms with Crippen LogP contribution in [0.15, 0.2) is 35.9 Å². The molecule has 178 valence electrons. The molecule has 0 spiro atoms. The van der Waals surface area contributed by atoms with Crippen LogP contribution in [-0.4, -0.2) is 16.3 Å². The number of hydrogen-bond donors (Lipinski definition) is 2. The van der Waals surface area contributed by atoms with Gasteiger partial charge in [-0.25, -0.2) is 0 Å². The van der Waals surface area contributed by atoms with E-state index in [-0.39, 0.29) is 6.10 Å². The molecule has 3 fully saturated rings. The third-order valence-electron chi connectivity index (χ3n) is 10.7. The highest BCUT2D eigenvalue weighted by atomic mass is 16.3. The predicted octanol–water partition coefficient (Wildman–Crippen LogP) is 6.70. The van der Waals surface area contributed by atoms with Crippen LogP contribution in [0.25, 0.3) is 0 Å². The average Bonchev–Trinajstić information content (AvgIpc) is 3.16. The van der Waals surface area contributed by atoms with Crippen molar-refractivity contribution in [2.75, 3.05) is 0 Å². The normalized spacial score (nSPS) is 40.7. The number of fused-ring (bicyclic) bond motifs is 5.